The Morgan fingerprint density at radius 1 is 0.212 bits per heavy atom. The summed E-state index contributed by atoms with van der Waals surface area (Å²) in [5, 5.41) is 0. The van der Waals surface area contributed by atoms with Gasteiger partial charge in [-0.25, -0.2) is 16.8 Å². The van der Waals surface area contributed by atoms with Crippen molar-refractivity contribution in [2.75, 3.05) is 13.2 Å². The Bertz CT molecular complexity index is 1330. The summed E-state index contributed by atoms with van der Waals surface area (Å²) in [6, 6.07) is 0. The van der Waals surface area contributed by atoms with Crippen LogP contribution in [0.3, 0.4) is 0 Å². The van der Waals surface area contributed by atoms with Crippen molar-refractivity contribution in [1.82, 2.24) is 0 Å². The molecular weight excluding hydrogens is 1120 g/mol. The number of hydrogen-bond acceptors (Lipinski definition) is 8. The van der Waals surface area contributed by atoms with E-state index >= 15 is 0 Å². The van der Waals surface area contributed by atoms with E-state index in [-0.39, 0.29) is 62.8 Å². The second-order valence-electron chi connectivity index (χ2n) is 26.8. The summed E-state index contributed by atoms with van der Waals surface area (Å²) in [5.41, 5.74) is 0. The average Bonchev–Trinajstić information content (AvgIpc) is 3.48. The third kappa shape index (κ3) is 85.0. The van der Waals surface area contributed by atoms with E-state index in [0.29, 0.717) is 0 Å². The predicted molar refractivity (Wildman–Crippen MR) is 371 cm³/mol. The fourth-order valence-corrected chi connectivity index (χ4v) is 13.3. The standard InChI is InChI=1S/2C37H76O4S.Ca/c2*1-3-5-7-9-11-13-15-17-19-21-23-25-27-29-31-33-35-37(36-41-42(38,39)40)34-32-30-28-26-24-22-20-18-16-14-12-10-8-6-4-2;/h2*37H,3-36H2,1-2H3,(H,38,39,40);/q;;+2/p-2. The van der Waals surface area contributed by atoms with Gasteiger partial charge in [0.2, 0.25) is 20.8 Å². The van der Waals surface area contributed by atoms with Crippen LogP contribution in [0.4, 0.5) is 0 Å². The molecule has 0 saturated carbocycles. The van der Waals surface area contributed by atoms with Crippen molar-refractivity contribution in [3.8, 4) is 0 Å². The van der Waals surface area contributed by atoms with E-state index in [2.05, 4.69) is 36.1 Å². The SMILES string of the molecule is CCCCCCCCCCCCCCCCCCC(CCCCCCCCCCCCCCCCC)COS(=O)(=O)[O-].CCCCCCCCCCCCCCCCCCC(CCCCCCCCCCCCCCCCC)COS(=O)(=O)[O-].[Ca+2]. The molecule has 0 N–H and O–H groups in total. The van der Waals surface area contributed by atoms with E-state index in [1.54, 1.807) is 0 Å². The van der Waals surface area contributed by atoms with Gasteiger partial charge in [-0.2, -0.15) is 0 Å². The van der Waals surface area contributed by atoms with Crippen molar-refractivity contribution in [3.05, 3.63) is 0 Å². The van der Waals surface area contributed by atoms with Crippen molar-refractivity contribution < 1.29 is 34.3 Å². The number of hydrogen-bond donors (Lipinski definition) is 0. The van der Waals surface area contributed by atoms with Gasteiger partial charge in [-0.15, -0.1) is 0 Å². The topological polar surface area (TPSA) is 133 Å². The van der Waals surface area contributed by atoms with E-state index in [9.17, 15) is 25.9 Å². The van der Waals surface area contributed by atoms with Gasteiger partial charge in [0.15, 0.2) is 0 Å². The van der Waals surface area contributed by atoms with Gasteiger partial charge in [0.25, 0.3) is 0 Å². The third-order valence-electron chi connectivity index (χ3n) is 18.3. The zero-order valence-corrected chi connectivity index (χ0v) is 61.9. The normalized spacial score (nSPS) is 12.6. The van der Waals surface area contributed by atoms with Crippen LogP contribution < -0.4 is 0 Å². The van der Waals surface area contributed by atoms with Gasteiger partial charge >= 0.3 is 37.7 Å². The molecule has 2 atom stereocenters. The van der Waals surface area contributed by atoms with Crippen LogP contribution in [0, 0.1) is 11.8 Å². The van der Waals surface area contributed by atoms with Crippen molar-refractivity contribution >= 4 is 58.5 Å². The summed E-state index contributed by atoms with van der Waals surface area (Å²) in [6.07, 6.45) is 87.7. The van der Waals surface area contributed by atoms with Gasteiger partial charge < -0.3 is 9.11 Å². The Morgan fingerprint density at radius 2 is 0.318 bits per heavy atom. The minimum atomic E-state index is -4.59. The Balaban J connectivity index is -0.00000156. The molecule has 2 unspecified atom stereocenters. The van der Waals surface area contributed by atoms with Crippen LogP contribution in [-0.4, -0.2) is 76.9 Å². The van der Waals surface area contributed by atoms with Gasteiger partial charge in [0.05, 0.1) is 13.2 Å². The summed E-state index contributed by atoms with van der Waals surface area (Å²) in [4.78, 5) is 0. The monoisotopic (exact) mass is 1270 g/mol. The molecule has 0 saturated heterocycles. The van der Waals surface area contributed by atoms with E-state index < -0.39 is 20.8 Å². The molecule has 0 radical (unpaired) electrons. The van der Waals surface area contributed by atoms with Gasteiger partial charge in [-0.3, -0.25) is 8.37 Å². The van der Waals surface area contributed by atoms with E-state index in [0.717, 1.165) is 51.4 Å². The molecule has 0 heterocycles. The Hall–Kier alpha value is 1.000. The van der Waals surface area contributed by atoms with E-state index in [1.807, 2.05) is 0 Å². The van der Waals surface area contributed by atoms with Crippen LogP contribution in [0.15, 0.2) is 0 Å². The molecule has 85 heavy (non-hydrogen) atoms. The molecule has 0 spiro atoms. The Labute approximate surface area is 564 Å². The average molecular weight is 1270 g/mol. The van der Waals surface area contributed by atoms with Crippen molar-refractivity contribution in [2.24, 2.45) is 11.8 Å². The smallest absolute Gasteiger partial charge is 0.726 e. The molecule has 0 aromatic carbocycles. The summed E-state index contributed by atoms with van der Waals surface area (Å²) in [7, 11) is -9.18. The second-order valence-corrected chi connectivity index (χ2v) is 28.9. The molecule has 508 valence electrons. The van der Waals surface area contributed by atoms with Crippen molar-refractivity contribution in [2.45, 2.75) is 451 Å². The molecule has 11 heteroatoms. The van der Waals surface area contributed by atoms with Crippen molar-refractivity contribution in [3.63, 3.8) is 0 Å². The Morgan fingerprint density at radius 3 is 0.424 bits per heavy atom. The molecule has 0 aromatic heterocycles. The molecule has 0 amide bonds. The van der Waals surface area contributed by atoms with Crippen LogP contribution in [0.2, 0.25) is 0 Å². The predicted octanol–water partition coefficient (Wildman–Crippen LogP) is 25.6. The maximum atomic E-state index is 11.0. The second kappa shape index (κ2) is 75.7. The number of rotatable bonds is 72. The van der Waals surface area contributed by atoms with Gasteiger partial charge in [-0.05, 0) is 37.5 Å². The summed E-state index contributed by atoms with van der Waals surface area (Å²) < 4.78 is 75.3. The maximum absolute atomic E-state index is 11.0. The maximum Gasteiger partial charge on any atom is 2.00 e. The minimum Gasteiger partial charge on any atom is -0.726 e. The molecule has 0 aliphatic rings. The molecule has 0 aromatic rings. The van der Waals surface area contributed by atoms with Crippen LogP contribution in [0.5, 0.6) is 0 Å². The third-order valence-corrected chi connectivity index (χ3v) is 19.1. The van der Waals surface area contributed by atoms with Gasteiger partial charge in [0, 0.05) is 0 Å². The molecule has 0 bridgehead atoms. The first kappa shape index (κ1) is 90.2. The largest absolute Gasteiger partial charge is 2.00 e. The molecule has 0 aliphatic carbocycles. The van der Waals surface area contributed by atoms with Crippen LogP contribution in [-0.2, 0) is 29.2 Å². The van der Waals surface area contributed by atoms with Crippen LogP contribution in [0.1, 0.15) is 451 Å². The summed E-state index contributed by atoms with van der Waals surface area (Å²) >= 11 is 0. The first-order valence-electron chi connectivity index (χ1n) is 38.2. The summed E-state index contributed by atoms with van der Waals surface area (Å²) in [6.45, 7) is 9.26. The first-order valence-corrected chi connectivity index (χ1v) is 40.9. The molecule has 0 aliphatic heterocycles. The van der Waals surface area contributed by atoms with Crippen LogP contribution in [0.25, 0.3) is 0 Å². The molecule has 0 fully saturated rings. The first-order chi connectivity index (χ1) is 41.0. The van der Waals surface area contributed by atoms with Gasteiger partial charge in [0.1, 0.15) is 0 Å². The van der Waals surface area contributed by atoms with Crippen LogP contribution >= 0.6 is 0 Å². The quantitative estimate of drug-likeness (QED) is 0.0254. The van der Waals surface area contributed by atoms with E-state index in [1.165, 1.54) is 372 Å². The fraction of sp³-hybridized carbons (Fsp3) is 1.00. The molecule has 8 nitrogen and oxygen atoms in total. The summed E-state index contributed by atoms with van der Waals surface area (Å²) in [5.74, 6) is 0.393. The van der Waals surface area contributed by atoms with Gasteiger partial charge in [-0.1, -0.05) is 426 Å². The zero-order chi connectivity index (χ0) is 61.7. The Kier molecular flexibility index (Phi) is 80.3. The zero-order valence-electron chi connectivity index (χ0n) is 58.0. The molecular formula is C74H150CaO8S2. The number of unbranched alkanes of at least 4 members (excludes halogenated alkanes) is 58. The fourth-order valence-electron chi connectivity index (χ4n) is 12.6. The van der Waals surface area contributed by atoms with E-state index in [4.69, 9.17) is 0 Å². The minimum absolute atomic E-state index is 0. The molecule has 0 rings (SSSR count). The van der Waals surface area contributed by atoms with Crippen molar-refractivity contribution in [1.29, 1.82) is 0 Å².